The summed E-state index contributed by atoms with van der Waals surface area (Å²) in [5, 5.41) is 10.2. The fourth-order valence-corrected chi connectivity index (χ4v) is 3.76. The van der Waals surface area contributed by atoms with Crippen molar-refractivity contribution in [2.24, 2.45) is 4.99 Å². The summed E-state index contributed by atoms with van der Waals surface area (Å²) >= 11 is 1.65. The van der Waals surface area contributed by atoms with Crippen molar-refractivity contribution in [3.8, 4) is 11.3 Å². The number of rotatable bonds is 2. The van der Waals surface area contributed by atoms with Gasteiger partial charge < -0.3 is 10.3 Å². The van der Waals surface area contributed by atoms with Crippen LogP contribution in [0.4, 0.5) is 11.5 Å². The molecule has 2 aromatic heterocycles. The summed E-state index contributed by atoms with van der Waals surface area (Å²) in [5.41, 5.74) is 4.21. The van der Waals surface area contributed by atoms with Gasteiger partial charge >= 0.3 is 0 Å². The summed E-state index contributed by atoms with van der Waals surface area (Å²) in [7, 11) is 0. The zero-order valence-corrected chi connectivity index (χ0v) is 14.1. The van der Waals surface area contributed by atoms with Crippen molar-refractivity contribution in [2.45, 2.75) is 5.88 Å². The van der Waals surface area contributed by atoms with Gasteiger partial charge in [0.25, 0.3) is 0 Å². The third-order valence-electron chi connectivity index (χ3n) is 4.19. The Kier molecular flexibility index (Phi) is 3.34. The van der Waals surface area contributed by atoms with Gasteiger partial charge in [-0.2, -0.15) is 5.10 Å². The van der Waals surface area contributed by atoms with Gasteiger partial charge in [-0.25, -0.2) is 9.67 Å². The van der Waals surface area contributed by atoms with E-state index >= 15 is 0 Å². The van der Waals surface area contributed by atoms with Crippen molar-refractivity contribution < 1.29 is 0 Å². The molecule has 5 nitrogen and oxygen atoms in total. The molecule has 0 aliphatic carbocycles. The number of anilines is 1. The van der Waals surface area contributed by atoms with Crippen molar-refractivity contribution in [1.29, 1.82) is 0 Å². The number of nitrogens with one attached hydrogen (secondary N) is 2. The number of nitrogens with zero attached hydrogens (tertiary/aromatic N) is 3. The topological polar surface area (TPSA) is 58.0 Å². The highest BCUT2D eigenvalue weighted by molar-refractivity contribution is 8.13. The van der Waals surface area contributed by atoms with E-state index in [9.17, 15) is 0 Å². The average molecular weight is 345 g/mol. The number of aromatic amines is 1. The van der Waals surface area contributed by atoms with Crippen LogP contribution in [-0.4, -0.2) is 19.9 Å². The maximum Gasteiger partial charge on any atom is 0.169 e. The van der Waals surface area contributed by atoms with E-state index in [-0.39, 0.29) is 0 Å². The van der Waals surface area contributed by atoms with Crippen LogP contribution in [0.3, 0.4) is 0 Å². The predicted molar refractivity (Wildman–Crippen MR) is 104 cm³/mol. The SMILES string of the molecule is c1ccc(NC2=Nc3cc(-c4c[nH]c5ccccc45)nn3CS2)cc1. The van der Waals surface area contributed by atoms with E-state index in [0.29, 0.717) is 0 Å². The van der Waals surface area contributed by atoms with E-state index in [1.807, 2.05) is 59.4 Å². The molecular weight excluding hydrogens is 330 g/mol. The number of para-hydroxylation sites is 2. The van der Waals surface area contributed by atoms with Crippen molar-refractivity contribution in [3.63, 3.8) is 0 Å². The molecule has 3 heterocycles. The van der Waals surface area contributed by atoms with Crippen molar-refractivity contribution >= 4 is 39.3 Å². The zero-order valence-electron chi connectivity index (χ0n) is 13.3. The molecule has 4 aromatic rings. The number of hydrogen-bond acceptors (Lipinski definition) is 4. The summed E-state index contributed by atoms with van der Waals surface area (Å²) in [6.07, 6.45) is 2.01. The predicted octanol–water partition coefficient (Wildman–Crippen LogP) is 4.84. The van der Waals surface area contributed by atoms with E-state index < -0.39 is 0 Å². The molecule has 122 valence electrons. The maximum absolute atomic E-state index is 4.73. The fourth-order valence-electron chi connectivity index (χ4n) is 2.97. The third kappa shape index (κ3) is 2.60. The molecular formula is C19H15N5S. The lowest BCUT2D eigenvalue weighted by Crippen LogP contribution is -2.13. The van der Waals surface area contributed by atoms with Gasteiger partial charge in [-0.05, 0) is 18.2 Å². The highest BCUT2D eigenvalue weighted by atomic mass is 32.2. The van der Waals surface area contributed by atoms with Crippen molar-refractivity contribution in [1.82, 2.24) is 14.8 Å². The van der Waals surface area contributed by atoms with Gasteiger partial charge in [-0.1, -0.05) is 48.2 Å². The van der Waals surface area contributed by atoms with Crippen LogP contribution in [0.15, 0.2) is 71.9 Å². The molecule has 0 spiro atoms. The van der Waals surface area contributed by atoms with Crippen LogP contribution >= 0.6 is 11.8 Å². The minimum atomic E-state index is 0.746. The first-order valence-corrected chi connectivity index (χ1v) is 9.03. The minimum Gasteiger partial charge on any atom is -0.360 e. The second-order valence-electron chi connectivity index (χ2n) is 5.82. The lowest BCUT2D eigenvalue weighted by atomic mass is 10.1. The smallest absolute Gasteiger partial charge is 0.169 e. The van der Waals surface area contributed by atoms with Crippen molar-refractivity contribution in [2.75, 3.05) is 5.32 Å². The van der Waals surface area contributed by atoms with Gasteiger partial charge in [0.15, 0.2) is 11.0 Å². The average Bonchev–Trinajstić information content (AvgIpc) is 3.26. The lowest BCUT2D eigenvalue weighted by molar-refractivity contribution is 0.756. The second kappa shape index (κ2) is 5.82. The Bertz CT molecular complexity index is 1080. The molecule has 2 aromatic carbocycles. The molecule has 6 heteroatoms. The van der Waals surface area contributed by atoms with Gasteiger partial charge in [-0.15, -0.1) is 0 Å². The van der Waals surface area contributed by atoms with Crippen LogP contribution in [0.1, 0.15) is 0 Å². The highest BCUT2D eigenvalue weighted by Gasteiger charge is 2.17. The summed E-state index contributed by atoms with van der Waals surface area (Å²) in [6, 6.07) is 20.4. The molecule has 0 fully saturated rings. The lowest BCUT2D eigenvalue weighted by Gasteiger charge is -2.14. The maximum atomic E-state index is 4.73. The molecule has 0 amide bonds. The zero-order chi connectivity index (χ0) is 16.6. The second-order valence-corrected chi connectivity index (χ2v) is 6.75. The monoisotopic (exact) mass is 345 g/mol. The van der Waals surface area contributed by atoms with Crippen LogP contribution in [0, 0.1) is 0 Å². The number of aliphatic imine (C=N–C) groups is 1. The molecule has 1 aliphatic rings. The van der Waals surface area contributed by atoms with Crippen LogP contribution in [-0.2, 0) is 5.88 Å². The molecule has 0 atom stereocenters. The number of H-pyrrole nitrogens is 1. The van der Waals surface area contributed by atoms with Crippen LogP contribution < -0.4 is 5.32 Å². The molecule has 0 unspecified atom stereocenters. The van der Waals surface area contributed by atoms with E-state index in [1.165, 1.54) is 5.39 Å². The largest absolute Gasteiger partial charge is 0.360 e. The Morgan fingerprint density at radius 2 is 1.88 bits per heavy atom. The summed E-state index contributed by atoms with van der Waals surface area (Å²) in [4.78, 5) is 8.02. The van der Waals surface area contributed by atoms with E-state index in [4.69, 9.17) is 10.1 Å². The molecule has 2 N–H and O–H groups in total. The molecule has 0 saturated heterocycles. The van der Waals surface area contributed by atoms with Crippen molar-refractivity contribution in [3.05, 3.63) is 66.9 Å². The van der Waals surface area contributed by atoms with Gasteiger partial charge in [0, 0.05) is 34.4 Å². The number of thioether (sulfide) groups is 1. The summed E-state index contributed by atoms with van der Waals surface area (Å²) in [6.45, 7) is 0. The van der Waals surface area contributed by atoms with E-state index in [0.717, 1.165) is 39.3 Å². The number of fused-ring (bicyclic) bond motifs is 2. The van der Waals surface area contributed by atoms with Crippen LogP contribution in [0.25, 0.3) is 22.2 Å². The fraction of sp³-hybridized carbons (Fsp3) is 0.0526. The molecule has 0 saturated carbocycles. The van der Waals surface area contributed by atoms with Gasteiger partial charge in [0.1, 0.15) is 0 Å². The number of hydrogen-bond donors (Lipinski definition) is 2. The highest BCUT2D eigenvalue weighted by Crippen LogP contribution is 2.33. The number of aromatic nitrogens is 3. The quantitative estimate of drug-likeness (QED) is 0.547. The van der Waals surface area contributed by atoms with Crippen LogP contribution in [0.2, 0.25) is 0 Å². The molecule has 5 rings (SSSR count). The first kappa shape index (κ1) is 14.4. The molecule has 25 heavy (non-hydrogen) atoms. The first-order chi connectivity index (χ1) is 12.4. The van der Waals surface area contributed by atoms with E-state index in [1.54, 1.807) is 11.8 Å². The molecule has 0 bridgehead atoms. The van der Waals surface area contributed by atoms with Gasteiger partial charge in [0.05, 0.1) is 11.6 Å². The summed E-state index contributed by atoms with van der Waals surface area (Å²) in [5.74, 6) is 1.62. The Morgan fingerprint density at radius 3 is 2.80 bits per heavy atom. The number of benzene rings is 2. The minimum absolute atomic E-state index is 0.746. The summed E-state index contributed by atoms with van der Waals surface area (Å²) < 4.78 is 1.94. The Morgan fingerprint density at radius 1 is 1.04 bits per heavy atom. The first-order valence-electron chi connectivity index (χ1n) is 8.05. The normalized spacial score (nSPS) is 13.5. The molecule has 0 radical (unpaired) electrons. The van der Waals surface area contributed by atoms with Gasteiger partial charge in [-0.3, -0.25) is 0 Å². The van der Waals surface area contributed by atoms with Crippen LogP contribution in [0.5, 0.6) is 0 Å². The Labute approximate surface area is 148 Å². The standard InChI is InChI=1S/C19H15N5S/c1-2-6-13(7-3-1)21-19-22-18-10-17(23-24(18)12-25-19)15-11-20-16-9-5-4-8-14(15)16/h1-11,20H,12H2,(H,21,22). The number of amidine groups is 1. The molecule has 1 aliphatic heterocycles. The van der Waals surface area contributed by atoms with Gasteiger partial charge in [0.2, 0.25) is 0 Å². The van der Waals surface area contributed by atoms with E-state index in [2.05, 4.69) is 22.4 Å². The third-order valence-corrected chi connectivity index (χ3v) is 5.03. The Hall–Kier alpha value is -2.99. The Balaban J connectivity index is 1.49.